The van der Waals surface area contributed by atoms with Gasteiger partial charge in [-0.05, 0) is 53.6 Å². The monoisotopic (exact) mass is 456 g/mol. The predicted molar refractivity (Wildman–Crippen MR) is 120 cm³/mol. The Hall–Kier alpha value is -3.14. The second-order valence-electron chi connectivity index (χ2n) is 6.92. The molecule has 4 rings (SSSR count). The predicted octanol–water partition coefficient (Wildman–Crippen LogP) is 3.88. The molecule has 0 aliphatic heterocycles. The van der Waals surface area contributed by atoms with Crippen LogP contribution in [0.4, 0.5) is 0 Å². The fraction of sp³-hybridized carbons (Fsp3) is 0.136. The van der Waals surface area contributed by atoms with Gasteiger partial charge in [-0.25, -0.2) is 8.42 Å². The lowest BCUT2D eigenvalue weighted by molar-refractivity contribution is -0.138. The van der Waals surface area contributed by atoms with Crippen molar-refractivity contribution in [3.05, 3.63) is 72.4 Å². The zero-order valence-corrected chi connectivity index (χ0v) is 18.2. The number of aliphatic carboxylic acids is 1. The first-order valence-electron chi connectivity index (χ1n) is 9.42. The second kappa shape index (κ2) is 8.54. The maximum Gasteiger partial charge on any atom is 0.322 e. The highest BCUT2D eigenvalue weighted by Gasteiger charge is 2.27. The Labute approximate surface area is 183 Å². The SMILES string of the molecule is COc1ccc(-c2ccc(S(=O)(=O)N[C@H](Cc3c[nH]c4ccccc34)C(=O)O)s2)cc1. The van der Waals surface area contributed by atoms with Gasteiger partial charge in [-0.3, -0.25) is 4.79 Å². The van der Waals surface area contributed by atoms with Crippen LogP contribution in [0.25, 0.3) is 21.3 Å². The average Bonchev–Trinajstić information content (AvgIpc) is 3.42. The van der Waals surface area contributed by atoms with Crippen molar-refractivity contribution in [2.45, 2.75) is 16.7 Å². The van der Waals surface area contributed by atoms with Crippen LogP contribution < -0.4 is 9.46 Å². The van der Waals surface area contributed by atoms with Gasteiger partial charge in [-0.2, -0.15) is 4.72 Å². The molecule has 0 fully saturated rings. The fourth-order valence-corrected chi connectivity index (χ4v) is 5.84. The van der Waals surface area contributed by atoms with Crippen molar-refractivity contribution in [2.24, 2.45) is 0 Å². The van der Waals surface area contributed by atoms with E-state index in [1.54, 1.807) is 31.5 Å². The number of rotatable bonds is 8. The molecule has 160 valence electrons. The minimum Gasteiger partial charge on any atom is -0.497 e. The third kappa shape index (κ3) is 4.48. The highest BCUT2D eigenvalue weighted by atomic mass is 32.2. The number of para-hydroxylation sites is 1. The van der Waals surface area contributed by atoms with Gasteiger partial charge in [-0.1, -0.05) is 18.2 Å². The summed E-state index contributed by atoms with van der Waals surface area (Å²) < 4.78 is 33.3. The Bertz CT molecular complexity index is 1320. The number of hydrogen-bond acceptors (Lipinski definition) is 5. The normalized spacial score (nSPS) is 12.7. The van der Waals surface area contributed by atoms with E-state index in [0.717, 1.165) is 38.2 Å². The van der Waals surface area contributed by atoms with E-state index in [9.17, 15) is 18.3 Å². The van der Waals surface area contributed by atoms with Gasteiger partial charge in [0.2, 0.25) is 0 Å². The van der Waals surface area contributed by atoms with Gasteiger partial charge in [-0.15, -0.1) is 11.3 Å². The number of sulfonamides is 1. The van der Waals surface area contributed by atoms with Crippen LogP contribution in [0.15, 0.2) is 71.1 Å². The van der Waals surface area contributed by atoms with Gasteiger partial charge in [0.1, 0.15) is 16.0 Å². The van der Waals surface area contributed by atoms with E-state index < -0.39 is 22.0 Å². The van der Waals surface area contributed by atoms with Gasteiger partial charge >= 0.3 is 5.97 Å². The lowest BCUT2D eigenvalue weighted by Gasteiger charge is -2.13. The third-order valence-corrected chi connectivity index (χ3v) is 8.01. The molecule has 31 heavy (non-hydrogen) atoms. The Morgan fingerprint density at radius 1 is 1.13 bits per heavy atom. The number of aromatic nitrogens is 1. The van der Waals surface area contributed by atoms with E-state index >= 15 is 0 Å². The molecule has 0 saturated heterocycles. The molecule has 3 N–H and O–H groups in total. The smallest absolute Gasteiger partial charge is 0.322 e. The minimum atomic E-state index is -4.01. The Morgan fingerprint density at radius 3 is 2.58 bits per heavy atom. The number of hydrogen-bond donors (Lipinski definition) is 3. The number of methoxy groups -OCH3 is 1. The Kier molecular flexibility index (Phi) is 5.81. The number of benzene rings is 2. The van der Waals surface area contributed by atoms with Crippen molar-refractivity contribution in [1.82, 2.24) is 9.71 Å². The molecule has 0 aliphatic carbocycles. The molecule has 0 unspecified atom stereocenters. The number of thiophene rings is 1. The standard InChI is InChI=1S/C22H20N2O5S2/c1-29-16-8-6-14(7-9-16)20-10-11-21(30-20)31(27,28)24-19(22(25)26)12-15-13-23-18-5-3-2-4-17(15)18/h2-11,13,19,23-24H,12H2,1H3,(H,25,26)/t19-/m1/s1. The van der Waals surface area contributed by atoms with Crippen molar-refractivity contribution in [3.8, 4) is 16.2 Å². The molecular weight excluding hydrogens is 436 g/mol. The molecule has 2 heterocycles. The van der Waals surface area contributed by atoms with Crippen LogP contribution >= 0.6 is 11.3 Å². The third-order valence-electron chi connectivity index (χ3n) is 4.92. The van der Waals surface area contributed by atoms with Crippen LogP contribution in [0.2, 0.25) is 0 Å². The quantitative estimate of drug-likeness (QED) is 0.373. The van der Waals surface area contributed by atoms with Gasteiger partial charge in [0.15, 0.2) is 0 Å². The van der Waals surface area contributed by atoms with E-state index in [2.05, 4.69) is 9.71 Å². The summed E-state index contributed by atoms with van der Waals surface area (Å²) in [4.78, 5) is 15.6. The molecule has 0 amide bonds. The molecule has 9 heteroatoms. The topological polar surface area (TPSA) is 108 Å². The average molecular weight is 457 g/mol. The van der Waals surface area contributed by atoms with Gasteiger partial charge in [0.05, 0.1) is 7.11 Å². The largest absolute Gasteiger partial charge is 0.497 e. The molecule has 0 aliphatic rings. The van der Waals surface area contributed by atoms with Crippen molar-refractivity contribution >= 4 is 38.2 Å². The van der Waals surface area contributed by atoms with Crippen LogP contribution in [0.5, 0.6) is 5.75 Å². The first-order valence-corrected chi connectivity index (χ1v) is 11.7. The number of carbonyl (C=O) groups is 1. The van der Waals surface area contributed by atoms with Crippen molar-refractivity contribution in [2.75, 3.05) is 7.11 Å². The van der Waals surface area contributed by atoms with E-state index in [-0.39, 0.29) is 10.6 Å². The summed E-state index contributed by atoms with van der Waals surface area (Å²) >= 11 is 1.08. The fourth-order valence-electron chi connectivity index (χ4n) is 3.32. The summed E-state index contributed by atoms with van der Waals surface area (Å²) in [7, 11) is -2.43. The van der Waals surface area contributed by atoms with E-state index in [4.69, 9.17) is 4.74 Å². The summed E-state index contributed by atoms with van der Waals surface area (Å²) in [5.74, 6) is -0.530. The van der Waals surface area contributed by atoms with E-state index in [0.29, 0.717) is 5.75 Å². The number of fused-ring (bicyclic) bond motifs is 1. The molecule has 4 aromatic rings. The first-order chi connectivity index (χ1) is 14.9. The second-order valence-corrected chi connectivity index (χ2v) is 9.95. The molecule has 2 aromatic heterocycles. The van der Waals surface area contributed by atoms with Gasteiger partial charge in [0, 0.05) is 28.4 Å². The van der Waals surface area contributed by atoms with Crippen LogP contribution in [0.1, 0.15) is 5.56 Å². The van der Waals surface area contributed by atoms with Crippen molar-refractivity contribution in [1.29, 1.82) is 0 Å². The van der Waals surface area contributed by atoms with E-state index in [1.165, 1.54) is 6.07 Å². The lowest BCUT2D eigenvalue weighted by atomic mass is 10.1. The Morgan fingerprint density at radius 2 is 1.87 bits per heavy atom. The van der Waals surface area contributed by atoms with E-state index in [1.807, 2.05) is 36.4 Å². The molecule has 0 bridgehead atoms. The number of H-pyrrole nitrogens is 1. The molecule has 2 aromatic carbocycles. The maximum absolute atomic E-state index is 12.9. The van der Waals surface area contributed by atoms with Crippen LogP contribution in [-0.4, -0.2) is 37.6 Å². The van der Waals surface area contributed by atoms with Crippen LogP contribution in [0.3, 0.4) is 0 Å². The molecule has 0 spiro atoms. The van der Waals surface area contributed by atoms with Crippen LogP contribution in [-0.2, 0) is 21.2 Å². The zero-order valence-electron chi connectivity index (χ0n) is 16.5. The lowest BCUT2D eigenvalue weighted by Crippen LogP contribution is -2.41. The maximum atomic E-state index is 12.9. The molecule has 7 nitrogen and oxygen atoms in total. The molecule has 0 radical (unpaired) electrons. The van der Waals surface area contributed by atoms with Gasteiger partial charge in [0.25, 0.3) is 10.0 Å². The summed E-state index contributed by atoms with van der Waals surface area (Å²) in [6.07, 6.45) is 1.73. The molecular formula is C22H20N2O5S2. The number of carboxylic acids is 1. The number of nitrogens with one attached hydrogen (secondary N) is 2. The zero-order chi connectivity index (χ0) is 22.0. The minimum absolute atomic E-state index is 0.0231. The summed E-state index contributed by atoms with van der Waals surface area (Å²) in [5, 5.41) is 10.5. The number of carboxylic acid groups (broad SMARTS) is 1. The Balaban J connectivity index is 1.56. The summed E-state index contributed by atoms with van der Waals surface area (Å²) in [6, 6.07) is 16.6. The summed E-state index contributed by atoms with van der Waals surface area (Å²) in [5.41, 5.74) is 2.45. The van der Waals surface area contributed by atoms with Crippen molar-refractivity contribution in [3.63, 3.8) is 0 Å². The highest BCUT2D eigenvalue weighted by molar-refractivity contribution is 7.91. The number of aromatic amines is 1. The molecule has 1 atom stereocenters. The van der Waals surface area contributed by atoms with Crippen molar-refractivity contribution < 1.29 is 23.1 Å². The molecule has 0 saturated carbocycles. The highest BCUT2D eigenvalue weighted by Crippen LogP contribution is 2.32. The summed E-state index contributed by atoms with van der Waals surface area (Å²) in [6.45, 7) is 0. The van der Waals surface area contributed by atoms with Gasteiger partial charge < -0.3 is 14.8 Å². The number of ether oxygens (including phenoxy) is 1. The first kappa shape index (κ1) is 21.1. The van der Waals surface area contributed by atoms with Crippen LogP contribution in [0, 0.1) is 0 Å².